The number of aliphatic hydroxyl groups excluding tert-OH is 2. The maximum absolute atomic E-state index is 14.3. The Hall–Kier alpha value is -3.16. The Balaban J connectivity index is 1.53. The van der Waals surface area contributed by atoms with E-state index in [-0.39, 0.29) is 30.1 Å². The van der Waals surface area contributed by atoms with Crippen LogP contribution in [-0.4, -0.2) is 86.1 Å². The van der Waals surface area contributed by atoms with E-state index in [1.807, 2.05) is 13.8 Å². The first-order chi connectivity index (χ1) is 22.4. The fourth-order valence-electron chi connectivity index (χ4n) is 5.67. The minimum Gasteiger partial charge on any atom is -0.464 e. The summed E-state index contributed by atoms with van der Waals surface area (Å²) in [6.45, 7) is 14.1. The summed E-state index contributed by atoms with van der Waals surface area (Å²) < 4.78 is 38.4. The Morgan fingerprint density at radius 1 is 1.17 bits per heavy atom. The predicted molar refractivity (Wildman–Crippen MR) is 169 cm³/mol. The van der Waals surface area contributed by atoms with E-state index in [0.29, 0.717) is 5.52 Å². The van der Waals surface area contributed by atoms with Crippen LogP contribution in [0, 0.1) is 12.5 Å². The maximum atomic E-state index is 14.3. The molecule has 0 unspecified atom stereocenters. The highest BCUT2D eigenvalue weighted by Crippen LogP contribution is 2.46. The van der Waals surface area contributed by atoms with Gasteiger partial charge < -0.3 is 25.4 Å². The molecule has 0 spiro atoms. The van der Waals surface area contributed by atoms with Crippen LogP contribution in [0.5, 0.6) is 0 Å². The fraction of sp³-hybridized carbons (Fsp3) is 0.700. The number of aliphatic hydroxyl groups is 2. The second-order valence-corrected chi connectivity index (χ2v) is 14.0. The summed E-state index contributed by atoms with van der Waals surface area (Å²) in [5.41, 5.74) is 4.38. The van der Waals surface area contributed by atoms with E-state index in [4.69, 9.17) is 31.0 Å². The van der Waals surface area contributed by atoms with E-state index in [9.17, 15) is 24.4 Å². The van der Waals surface area contributed by atoms with Gasteiger partial charge in [-0.2, -0.15) is 5.10 Å². The zero-order chi connectivity index (χ0) is 34.4. The average molecular weight is 680 g/mol. The van der Waals surface area contributed by atoms with Gasteiger partial charge in [0, 0.05) is 0 Å². The highest BCUT2D eigenvalue weighted by molar-refractivity contribution is 7.54. The van der Waals surface area contributed by atoms with E-state index in [2.05, 4.69) is 25.1 Å². The molecule has 6 N–H and O–H groups in total. The van der Waals surface area contributed by atoms with Gasteiger partial charge in [-0.1, -0.05) is 33.1 Å². The number of nitrogens with two attached hydrogens (primary N) is 1. The highest BCUT2D eigenvalue weighted by Gasteiger charge is 2.62. The van der Waals surface area contributed by atoms with Gasteiger partial charge in [-0.15, -0.1) is 0 Å². The summed E-state index contributed by atoms with van der Waals surface area (Å²) in [6, 6.07) is 0.834. The average Bonchev–Trinajstić information content (AvgIpc) is 3.60. The maximum Gasteiger partial charge on any atom is 0.390 e. The van der Waals surface area contributed by atoms with Crippen LogP contribution in [0.1, 0.15) is 84.4 Å². The number of rotatable bonds is 15. The van der Waals surface area contributed by atoms with Crippen molar-refractivity contribution in [2.45, 2.75) is 115 Å². The number of carbonyl (C=O) groups excluding carboxylic acids is 2. The van der Waals surface area contributed by atoms with Crippen molar-refractivity contribution in [3.8, 4) is 0 Å². The Morgan fingerprint density at radius 2 is 1.83 bits per heavy atom. The van der Waals surface area contributed by atoms with Gasteiger partial charge in [-0.3, -0.25) is 28.3 Å². The van der Waals surface area contributed by atoms with Gasteiger partial charge in [0.2, 0.25) is 0 Å². The topological polar surface area (TPSA) is 213 Å². The number of hydrogen-bond donors (Lipinski definition) is 5. The molecule has 260 valence electrons. The van der Waals surface area contributed by atoms with Crippen molar-refractivity contribution < 1.29 is 43.1 Å². The Kier molecular flexibility index (Phi) is 12.3. The van der Waals surface area contributed by atoms with Crippen LogP contribution < -0.4 is 15.9 Å². The van der Waals surface area contributed by atoms with Gasteiger partial charge in [0.15, 0.2) is 18.5 Å². The molecule has 3 heterocycles. The molecule has 47 heavy (non-hydrogen) atoms. The Labute approximate surface area is 274 Å². The molecular weight excluding hydrogens is 633 g/mol. The minimum atomic E-state index is -4.39. The SMILES string of the molecule is [C-]#[N+][C@]1(CO[P@](=O)(N[C@@H](C)C(=O)OCC(CC)CC)N[C@@H](C)C(=O)OC2CCCCC2)O[C@@H](c2ccc3c(N)ncnn23)[C@H](O)[C@@H]1O. The molecule has 2 aliphatic rings. The van der Waals surface area contributed by atoms with Crippen LogP contribution in [0.25, 0.3) is 10.4 Å². The normalized spacial score (nSPS) is 26.0. The molecule has 4 rings (SSSR count). The molecule has 0 bridgehead atoms. The molecule has 16 nitrogen and oxygen atoms in total. The third-order valence-corrected chi connectivity index (χ3v) is 10.7. The standard InChI is InChI=1S/C30H46N7O9P/c1-6-20(7-2)15-43-28(40)18(3)35-47(42,36-19(4)29(41)45-21-11-9-8-10-12-21)44-16-30(32-5)26(39)24(38)25(46-30)22-13-14-23-27(31)33-17-34-37(22)23/h13-14,17-21,24-26,38-39H,6-12,15-16H2,1-4H3,(H2,31,33,34)(H2,35,36,42)/t18-,19-,24-,25-,26-,30+,47+/m0/s1. The fourth-order valence-corrected chi connectivity index (χ4v) is 7.49. The van der Waals surface area contributed by atoms with Crippen molar-refractivity contribution in [3.05, 3.63) is 35.6 Å². The second-order valence-electron chi connectivity index (χ2n) is 12.2. The lowest BCUT2D eigenvalue weighted by molar-refractivity contribution is -0.152. The lowest BCUT2D eigenvalue weighted by Crippen LogP contribution is -2.47. The number of fused-ring (bicyclic) bond motifs is 1. The molecule has 2 aromatic rings. The summed E-state index contributed by atoms with van der Waals surface area (Å²) in [7, 11) is -4.39. The van der Waals surface area contributed by atoms with Gasteiger partial charge in [0.05, 0.1) is 12.3 Å². The van der Waals surface area contributed by atoms with Crippen LogP contribution in [0.15, 0.2) is 18.5 Å². The molecule has 1 saturated carbocycles. The largest absolute Gasteiger partial charge is 0.464 e. The number of ether oxygens (including phenoxy) is 3. The van der Waals surface area contributed by atoms with Crippen molar-refractivity contribution in [3.63, 3.8) is 0 Å². The summed E-state index contributed by atoms with van der Waals surface area (Å²) in [5, 5.41) is 31.4. The molecule has 1 saturated heterocycles. The lowest BCUT2D eigenvalue weighted by Gasteiger charge is -2.29. The second kappa shape index (κ2) is 15.8. The zero-order valence-corrected chi connectivity index (χ0v) is 28.1. The number of nitrogens with zero attached hydrogens (tertiary/aromatic N) is 4. The minimum absolute atomic E-state index is 0.154. The molecule has 17 heteroatoms. The van der Waals surface area contributed by atoms with Crippen molar-refractivity contribution in [2.75, 3.05) is 18.9 Å². The molecule has 1 aliphatic carbocycles. The molecule has 2 fully saturated rings. The first-order valence-electron chi connectivity index (χ1n) is 16.0. The van der Waals surface area contributed by atoms with Crippen molar-refractivity contribution in [1.29, 1.82) is 0 Å². The molecule has 7 atom stereocenters. The molecule has 0 amide bonds. The molecular formula is C30H46N7O9P. The van der Waals surface area contributed by atoms with Crippen LogP contribution in [0.4, 0.5) is 5.82 Å². The quantitative estimate of drug-likeness (QED) is 0.104. The van der Waals surface area contributed by atoms with E-state index >= 15 is 0 Å². The van der Waals surface area contributed by atoms with Gasteiger partial charge in [0.25, 0.3) is 0 Å². The van der Waals surface area contributed by atoms with Crippen molar-refractivity contribution in [2.24, 2.45) is 5.92 Å². The van der Waals surface area contributed by atoms with E-state index in [0.717, 1.165) is 44.9 Å². The van der Waals surface area contributed by atoms with E-state index in [1.165, 1.54) is 24.7 Å². The van der Waals surface area contributed by atoms with Crippen molar-refractivity contribution >= 4 is 30.9 Å². The molecule has 2 aromatic heterocycles. The summed E-state index contributed by atoms with van der Waals surface area (Å²) >= 11 is 0. The molecule has 1 aliphatic heterocycles. The summed E-state index contributed by atoms with van der Waals surface area (Å²) in [4.78, 5) is 33.2. The number of nitrogen functional groups attached to an aromatic ring is 1. The Bertz CT molecular complexity index is 1480. The van der Waals surface area contributed by atoms with Gasteiger partial charge in [-0.25, -0.2) is 26.2 Å². The summed E-state index contributed by atoms with van der Waals surface area (Å²) in [5.74, 6) is -1.04. The number of nitrogens with one attached hydrogen (secondary N) is 2. The number of anilines is 1. The van der Waals surface area contributed by atoms with E-state index < -0.39 is 62.3 Å². The number of esters is 2. The zero-order valence-electron chi connectivity index (χ0n) is 27.2. The number of aromatic nitrogens is 3. The predicted octanol–water partition coefficient (Wildman–Crippen LogP) is 2.66. The first-order valence-corrected chi connectivity index (χ1v) is 17.7. The highest BCUT2D eigenvalue weighted by atomic mass is 31.2. The summed E-state index contributed by atoms with van der Waals surface area (Å²) in [6.07, 6.45) is 2.26. The van der Waals surface area contributed by atoms with Gasteiger partial charge in [0.1, 0.15) is 42.2 Å². The number of carbonyl (C=O) groups is 2. The van der Waals surface area contributed by atoms with Gasteiger partial charge in [-0.05, 0) is 57.6 Å². The van der Waals surface area contributed by atoms with Crippen LogP contribution >= 0.6 is 7.67 Å². The van der Waals surface area contributed by atoms with Crippen LogP contribution in [0.2, 0.25) is 0 Å². The number of hydrogen-bond acceptors (Lipinski definition) is 12. The first kappa shape index (κ1) is 36.7. The van der Waals surface area contributed by atoms with E-state index in [1.54, 1.807) is 12.1 Å². The third kappa shape index (κ3) is 8.47. The van der Waals surface area contributed by atoms with Crippen LogP contribution in [0.3, 0.4) is 0 Å². The van der Waals surface area contributed by atoms with Crippen LogP contribution in [-0.2, 0) is 32.9 Å². The van der Waals surface area contributed by atoms with Gasteiger partial charge >= 0.3 is 25.3 Å². The third-order valence-electron chi connectivity index (χ3n) is 8.76. The molecule has 0 radical (unpaired) electrons. The molecule has 0 aromatic carbocycles. The lowest BCUT2D eigenvalue weighted by atomic mass is 9.98. The monoisotopic (exact) mass is 679 g/mol. The smallest absolute Gasteiger partial charge is 0.390 e. The Morgan fingerprint density at radius 3 is 2.47 bits per heavy atom. The van der Waals surface area contributed by atoms with Crippen molar-refractivity contribution in [1.82, 2.24) is 24.8 Å².